The molecule has 0 unspecified atom stereocenters. The van der Waals surface area contributed by atoms with Gasteiger partial charge in [0.1, 0.15) is 0 Å². The van der Waals surface area contributed by atoms with E-state index in [0.29, 0.717) is 29.2 Å². The number of anilines is 1. The number of hydrogen-bond acceptors (Lipinski definition) is 4. The number of esters is 1. The SMILES string of the molecule is COC(=O)c1ccc(Cl)c(NCCC(=O)N2CCCCCC2)c1. The Morgan fingerprint density at radius 2 is 1.91 bits per heavy atom. The van der Waals surface area contributed by atoms with Crippen LogP contribution >= 0.6 is 11.6 Å². The molecule has 0 spiro atoms. The molecule has 126 valence electrons. The van der Waals surface area contributed by atoms with Crippen molar-refractivity contribution < 1.29 is 14.3 Å². The fourth-order valence-electron chi connectivity index (χ4n) is 2.69. The summed E-state index contributed by atoms with van der Waals surface area (Å²) in [4.78, 5) is 25.7. The number of likely N-dealkylation sites (tertiary alicyclic amines) is 1. The molecule has 0 radical (unpaired) electrons. The van der Waals surface area contributed by atoms with E-state index in [9.17, 15) is 9.59 Å². The van der Waals surface area contributed by atoms with Crippen molar-refractivity contribution in [1.29, 1.82) is 0 Å². The normalized spacial score (nSPS) is 15.0. The summed E-state index contributed by atoms with van der Waals surface area (Å²) >= 11 is 6.12. The van der Waals surface area contributed by atoms with Gasteiger partial charge < -0.3 is 15.0 Å². The molecule has 0 saturated carbocycles. The van der Waals surface area contributed by atoms with Crippen LogP contribution in [-0.2, 0) is 9.53 Å². The van der Waals surface area contributed by atoms with E-state index in [0.717, 1.165) is 25.9 Å². The molecular weight excluding hydrogens is 316 g/mol. The Kier molecular flexibility index (Phi) is 6.71. The lowest BCUT2D eigenvalue weighted by molar-refractivity contribution is -0.130. The Balaban J connectivity index is 1.87. The fourth-order valence-corrected chi connectivity index (χ4v) is 2.87. The third-order valence-corrected chi connectivity index (χ3v) is 4.33. The third-order valence-electron chi connectivity index (χ3n) is 4.00. The quantitative estimate of drug-likeness (QED) is 0.837. The third kappa shape index (κ3) is 5.13. The number of carbonyl (C=O) groups is 2. The average molecular weight is 339 g/mol. The topological polar surface area (TPSA) is 58.6 Å². The maximum Gasteiger partial charge on any atom is 0.337 e. The average Bonchev–Trinajstić information content (AvgIpc) is 2.85. The highest BCUT2D eigenvalue weighted by Crippen LogP contribution is 2.23. The van der Waals surface area contributed by atoms with Crippen molar-refractivity contribution in [3.05, 3.63) is 28.8 Å². The van der Waals surface area contributed by atoms with Crippen LogP contribution in [0.25, 0.3) is 0 Å². The summed E-state index contributed by atoms with van der Waals surface area (Å²) in [5.74, 6) is -0.245. The Morgan fingerprint density at radius 1 is 1.22 bits per heavy atom. The summed E-state index contributed by atoms with van der Waals surface area (Å²) in [6.45, 7) is 2.20. The number of ether oxygens (including phenoxy) is 1. The number of halogens is 1. The fraction of sp³-hybridized carbons (Fsp3) is 0.529. The van der Waals surface area contributed by atoms with Crippen LogP contribution in [0.5, 0.6) is 0 Å². The van der Waals surface area contributed by atoms with Crippen molar-refractivity contribution in [2.45, 2.75) is 32.1 Å². The molecule has 1 amide bonds. The Bertz CT molecular complexity index is 555. The molecule has 0 aromatic heterocycles. The summed E-state index contributed by atoms with van der Waals surface area (Å²) in [5, 5.41) is 3.64. The van der Waals surface area contributed by atoms with E-state index in [-0.39, 0.29) is 5.91 Å². The zero-order valence-corrected chi connectivity index (χ0v) is 14.2. The molecule has 0 atom stereocenters. The van der Waals surface area contributed by atoms with Gasteiger partial charge in [-0.25, -0.2) is 4.79 Å². The van der Waals surface area contributed by atoms with Crippen LogP contribution in [0, 0.1) is 0 Å². The highest BCUT2D eigenvalue weighted by Gasteiger charge is 2.15. The lowest BCUT2D eigenvalue weighted by atomic mass is 10.2. The molecule has 1 aliphatic heterocycles. The van der Waals surface area contributed by atoms with E-state index >= 15 is 0 Å². The van der Waals surface area contributed by atoms with Gasteiger partial charge in [0.25, 0.3) is 0 Å². The number of hydrogen-bond donors (Lipinski definition) is 1. The molecule has 1 saturated heterocycles. The van der Waals surface area contributed by atoms with Crippen molar-refractivity contribution >= 4 is 29.2 Å². The second kappa shape index (κ2) is 8.77. The summed E-state index contributed by atoms with van der Waals surface area (Å²) in [7, 11) is 1.34. The number of nitrogens with one attached hydrogen (secondary N) is 1. The Morgan fingerprint density at radius 3 is 2.57 bits per heavy atom. The molecule has 2 rings (SSSR count). The predicted molar refractivity (Wildman–Crippen MR) is 90.9 cm³/mol. The largest absolute Gasteiger partial charge is 0.465 e. The first kappa shape index (κ1) is 17.6. The molecule has 1 heterocycles. The van der Waals surface area contributed by atoms with Gasteiger partial charge in [-0.2, -0.15) is 0 Å². The maximum atomic E-state index is 12.2. The van der Waals surface area contributed by atoms with Gasteiger partial charge in [-0.15, -0.1) is 0 Å². The van der Waals surface area contributed by atoms with E-state index in [1.54, 1.807) is 18.2 Å². The number of carbonyl (C=O) groups excluding carboxylic acids is 2. The van der Waals surface area contributed by atoms with Gasteiger partial charge in [0.05, 0.1) is 23.4 Å². The predicted octanol–water partition coefficient (Wildman–Crippen LogP) is 3.33. The van der Waals surface area contributed by atoms with Crippen LogP contribution in [0.1, 0.15) is 42.5 Å². The molecule has 1 fully saturated rings. The second-order valence-corrected chi connectivity index (χ2v) is 6.07. The summed E-state index contributed by atoms with van der Waals surface area (Å²) in [5.41, 5.74) is 1.07. The number of benzene rings is 1. The lowest BCUT2D eigenvalue weighted by Gasteiger charge is -2.20. The van der Waals surface area contributed by atoms with Crippen molar-refractivity contribution in [3.63, 3.8) is 0 Å². The van der Waals surface area contributed by atoms with E-state index < -0.39 is 5.97 Å². The van der Waals surface area contributed by atoms with Gasteiger partial charge in [0.15, 0.2) is 0 Å². The van der Waals surface area contributed by atoms with Crippen molar-refractivity contribution in [1.82, 2.24) is 4.90 Å². The molecule has 1 aromatic rings. The maximum absolute atomic E-state index is 12.2. The van der Waals surface area contributed by atoms with Crippen molar-refractivity contribution in [2.24, 2.45) is 0 Å². The van der Waals surface area contributed by atoms with Crippen molar-refractivity contribution in [3.8, 4) is 0 Å². The number of amides is 1. The molecule has 0 aliphatic carbocycles. The Labute approximate surface area is 141 Å². The van der Waals surface area contributed by atoms with Gasteiger partial charge in [-0.05, 0) is 31.0 Å². The van der Waals surface area contributed by atoms with Crippen LogP contribution in [0.3, 0.4) is 0 Å². The highest BCUT2D eigenvalue weighted by atomic mass is 35.5. The molecular formula is C17H23ClN2O3. The molecule has 1 aromatic carbocycles. The molecule has 0 bridgehead atoms. The van der Waals surface area contributed by atoms with E-state index in [4.69, 9.17) is 16.3 Å². The first-order valence-corrected chi connectivity index (χ1v) is 8.39. The van der Waals surface area contributed by atoms with Crippen LogP contribution in [0.15, 0.2) is 18.2 Å². The van der Waals surface area contributed by atoms with Crippen LogP contribution in [0.4, 0.5) is 5.69 Å². The van der Waals surface area contributed by atoms with Crippen LogP contribution in [0.2, 0.25) is 5.02 Å². The minimum Gasteiger partial charge on any atom is -0.465 e. The van der Waals surface area contributed by atoms with E-state index in [1.165, 1.54) is 20.0 Å². The van der Waals surface area contributed by atoms with Gasteiger partial charge in [0, 0.05) is 26.1 Å². The minimum atomic E-state index is -0.412. The van der Waals surface area contributed by atoms with Gasteiger partial charge >= 0.3 is 5.97 Å². The van der Waals surface area contributed by atoms with Gasteiger partial charge in [-0.3, -0.25) is 4.79 Å². The zero-order chi connectivity index (χ0) is 16.7. The number of nitrogens with zero attached hydrogens (tertiary/aromatic N) is 1. The Hall–Kier alpha value is -1.75. The molecule has 1 aliphatic rings. The number of methoxy groups -OCH3 is 1. The zero-order valence-electron chi connectivity index (χ0n) is 13.4. The second-order valence-electron chi connectivity index (χ2n) is 5.66. The first-order valence-electron chi connectivity index (χ1n) is 8.01. The first-order chi connectivity index (χ1) is 11.1. The molecule has 6 heteroatoms. The minimum absolute atomic E-state index is 0.166. The summed E-state index contributed by atoms with van der Waals surface area (Å²) < 4.78 is 4.69. The van der Waals surface area contributed by atoms with Gasteiger partial charge in [0.2, 0.25) is 5.91 Å². The monoisotopic (exact) mass is 338 g/mol. The van der Waals surface area contributed by atoms with Crippen LogP contribution in [-0.4, -0.2) is 43.5 Å². The van der Waals surface area contributed by atoms with Gasteiger partial charge in [-0.1, -0.05) is 24.4 Å². The summed E-state index contributed by atoms with van der Waals surface area (Å²) in [6.07, 6.45) is 5.01. The number of rotatable bonds is 5. The molecule has 23 heavy (non-hydrogen) atoms. The van der Waals surface area contributed by atoms with Crippen molar-refractivity contribution in [2.75, 3.05) is 32.1 Å². The summed E-state index contributed by atoms with van der Waals surface area (Å²) in [6, 6.07) is 4.90. The molecule has 5 nitrogen and oxygen atoms in total. The van der Waals surface area contributed by atoms with E-state index in [1.807, 2.05) is 4.90 Å². The lowest BCUT2D eigenvalue weighted by Crippen LogP contribution is -2.32. The standard InChI is InChI=1S/C17H23ClN2O3/c1-23-17(22)13-6-7-14(18)15(12-13)19-9-8-16(21)20-10-4-2-3-5-11-20/h6-7,12,19H,2-5,8-11H2,1H3. The highest BCUT2D eigenvalue weighted by molar-refractivity contribution is 6.33. The van der Waals surface area contributed by atoms with E-state index in [2.05, 4.69) is 5.32 Å². The van der Waals surface area contributed by atoms with Crippen LogP contribution < -0.4 is 5.32 Å². The molecule has 1 N–H and O–H groups in total. The smallest absolute Gasteiger partial charge is 0.337 e.